The van der Waals surface area contributed by atoms with Crippen molar-refractivity contribution in [3.63, 3.8) is 0 Å². The minimum absolute atomic E-state index is 0.631. The first-order chi connectivity index (χ1) is 12.1. The number of fused-ring (bicyclic) bond motifs is 1. The molecule has 0 spiro atoms. The van der Waals surface area contributed by atoms with E-state index in [4.69, 9.17) is 16.6 Å². The number of benzene rings is 2. The predicted octanol–water partition coefficient (Wildman–Crippen LogP) is 5.63. The molecule has 0 atom stereocenters. The van der Waals surface area contributed by atoms with E-state index in [2.05, 4.69) is 23.0 Å². The summed E-state index contributed by atoms with van der Waals surface area (Å²) in [5, 5.41) is 1.75. The third kappa shape index (κ3) is 2.99. The van der Waals surface area contributed by atoms with Crippen molar-refractivity contribution < 1.29 is 0 Å². The number of aryl methyl sites for hydroxylation is 2. The van der Waals surface area contributed by atoms with Crippen LogP contribution in [0.3, 0.4) is 0 Å². The van der Waals surface area contributed by atoms with Gasteiger partial charge < -0.3 is 0 Å². The molecule has 0 saturated heterocycles. The summed E-state index contributed by atoms with van der Waals surface area (Å²) >= 11 is 6.09. The maximum absolute atomic E-state index is 6.09. The largest absolute Gasteiger partial charge is 0.244 e. The highest BCUT2D eigenvalue weighted by molar-refractivity contribution is 6.30. The van der Waals surface area contributed by atoms with Crippen molar-refractivity contribution >= 4 is 22.5 Å². The van der Waals surface area contributed by atoms with E-state index in [1.807, 2.05) is 61.7 Å². The van der Waals surface area contributed by atoms with Gasteiger partial charge in [-0.1, -0.05) is 41.9 Å². The Morgan fingerprint density at radius 1 is 0.840 bits per heavy atom. The number of aromatic nitrogens is 3. The Bertz CT molecular complexity index is 1090. The van der Waals surface area contributed by atoms with Crippen molar-refractivity contribution in [1.82, 2.24) is 15.0 Å². The molecular formula is C21H16ClN3. The van der Waals surface area contributed by atoms with Crippen LogP contribution in [0.25, 0.3) is 33.7 Å². The molecule has 0 N–H and O–H groups in total. The van der Waals surface area contributed by atoms with Crippen LogP contribution in [-0.4, -0.2) is 15.0 Å². The molecule has 0 aliphatic carbocycles. The number of hydrogen-bond acceptors (Lipinski definition) is 3. The van der Waals surface area contributed by atoms with E-state index < -0.39 is 0 Å². The van der Waals surface area contributed by atoms with Gasteiger partial charge in [0.1, 0.15) is 5.69 Å². The quantitative estimate of drug-likeness (QED) is 0.472. The summed E-state index contributed by atoms with van der Waals surface area (Å²) in [4.78, 5) is 14.0. The van der Waals surface area contributed by atoms with Gasteiger partial charge in [0, 0.05) is 22.2 Å². The summed E-state index contributed by atoms with van der Waals surface area (Å²) in [6, 6.07) is 17.8. The number of rotatable bonds is 2. The Morgan fingerprint density at radius 2 is 1.68 bits per heavy atom. The molecule has 3 nitrogen and oxygen atoms in total. The van der Waals surface area contributed by atoms with Crippen LogP contribution < -0.4 is 0 Å². The Kier molecular flexibility index (Phi) is 3.94. The highest BCUT2D eigenvalue weighted by Crippen LogP contribution is 2.29. The lowest BCUT2D eigenvalue weighted by Crippen LogP contribution is -1.97. The SMILES string of the molecule is Cc1cc(Cl)ccc1-c1nc(-c2ncc3ccccc3n2)ccc1C. The molecule has 0 saturated carbocycles. The highest BCUT2D eigenvalue weighted by atomic mass is 35.5. The van der Waals surface area contributed by atoms with Crippen molar-refractivity contribution in [2.75, 3.05) is 0 Å². The first kappa shape index (κ1) is 15.7. The summed E-state index contributed by atoms with van der Waals surface area (Å²) in [7, 11) is 0. The van der Waals surface area contributed by atoms with E-state index in [1.165, 1.54) is 0 Å². The van der Waals surface area contributed by atoms with Gasteiger partial charge in [0.25, 0.3) is 0 Å². The highest BCUT2D eigenvalue weighted by Gasteiger charge is 2.11. The molecule has 0 radical (unpaired) electrons. The summed E-state index contributed by atoms with van der Waals surface area (Å²) in [5.74, 6) is 0.631. The lowest BCUT2D eigenvalue weighted by molar-refractivity contribution is 1.16. The van der Waals surface area contributed by atoms with Gasteiger partial charge in [-0.05, 0) is 49.2 Å². The van der Waals surface area contributed by atoms with Crippen LogP contribution in [0.5, 0.6) is 0 Å². The molecular weight excluding hydrogens is 330 g/mol. The van der Waals surface area contributed by atoms with Gasteiger partial charge in [-0.3, -0.25) is 0 Å². The molecule has 25 heavy (non-hydrogen) atoms. The third-order valence-corrected chi connectivity index (χ3v) is 4.49. The van der Waals surface area contributed by atoms with Gasteiger partial charge in [0.2, 0.25) is 0 Å². The summed E-state index contributed by atoms with van der Waals surface area (Å²) < 4.78 is 0. The lowest BCUT2D eigenvalue weighted by atomic mass is 10.0. The van der Waals surface area contributed by atoms with Crippen molar-refractivity contribution in [2.24, 2.45) is 0 Å². The van der Waals surface area contributed by atoms with Crippen LogP contribution >= 0.6 is 11.6 Å². The average molecular weight is 346 g/mol. The number of halogens is 1. The monoisotopic (exact) mass is 345 g/mol. The van der Waals surface area contributed by atoms with Crippen LogP contribution in [-0.2, 0) is 0 Å². The van der Waals surface area contributed by atoms with Crippen molar-refractivity contribution in [1.29, 1.82) is 0 Å². The molecule has 0 aliphatic heterocycles. The topological polar surface area (TPSA) is 38.7 Å². The predicted molar refractivity (Wildman–Crippen MR) is 103 cm³/mol. The van der Waals surface area contributed by atoms with E-state index in [-0.39, 0.29) is 0 Å². The molecule has 0 fully saturated rings. The second-order valence-electron chi connectivity index (χ2n) is 6.07. The van der Waals surface area contributed by atoms with E-state index in [0.717, 1.165) is 44.0 Å². The second kappa shape index (κ2) is 6.26. The maximum atomic E-state index is 6.09. The second-order valence-corrected chi connectivity index (χ2v) is 6.51. The Balaban J connectivity index is 1.86. The van der Waals surface area contributed by atoms with E-state index in [1.54, 1.807) is 0 Å². The van der Waals surface area contributed by atoms with Crippen LogP contribution in [0.2, 0.25) is 5.02 Å². The fourth-order valence-electron chi connectivity index (χ4n) is 2.91. The fraction of sp³-hybridized carbons (Fsp3) is 0.0952. The molecule has 0 amide bonds. The molecule has 122 valence electrons. The minimum Gasteiger partial charge on any atom is -0.244 e. The van der Waals surface area contributed by atoms with E-state index >= 15 is 0 Å². The third-order valence-electron chi connectivity index (χ3n) is 4.26. The zero-order chi connectivity index (χ0) is 17.4. The van der Waals surface area contributed by atoms with Gasteiger partial charge in [0.05, 0.1) is 11.2 Å². The molecule has 4 rings (SSSR count). The van der Waals surface area contributed by atoms with Gasteiger partial charge in [-0.25, -0.2) is 15.0 Å². The minimum atomic E-state index is 0.631. The first-order valence-electron chi connectivity index (χ1n) is 8.08. The van der Waals surface area contributed by atoms with Crippen LogP contribution in [0.4, 0.5) is 0 Å². The van der Waals surface area contributed by atoms with Gasteiger partial charge >= 0.3 is 0 Å². The van der Waals surface area contributed by atoms with Crippen LogP contribution in [0.15, 0.2) is 60.8 Å². The molecule has 0 aliphatic rings. The van der Waals surface area contributed by atoms with Crippen molar-refractivity contribution in [3.05, 3.63) is 76.9 Å². The molecule has 2 aromatic carbocycles. The Morgan fingerprint density at radius 3 is 2.52 bits per heavy atom. The van der Waals surface area contributed by atoms with Crippen molar-refractivity contribution in [3.8, 4) is 22.8 Å². The molecule has 4 heteroatoms. The maximum Gasteiger partial charge on any atom is 0.178 e. The average Bonchev–Trinajstić information content (AvgIpc) is 2.62. The number of para-hydroxylation sites is 1. The molecule has 0 bridgehead atoms. The van der Waals surface area contributed by atoms with E-state index in [0.29, 0.717) is 5.82 Å². The number of pyridine rings is 1. The Hall–Kier alpha value is -2.78. The fourth-order valence-corrected chi connectivity index (χ4v) is 3.14. The van der Waals surface area contributed by atoms with E-state index in [9.17, 15) is 0 Å². The molecule has 2 heterocycles. The standard InChI is InChI=1S/C21H16ClN3/c1-13-7-10-19(21-23-12-15-5-3-4-6-18(15)25-21)24-20(13)17-9-8-16(22)11-14(17)2/h3-12H,1-2H3. The zero-order valence-corrected chi connectivity index (χ0v) is 14.7. The molecule has 2 aromatic heterocycles. The smallest absolute Gasteiger partial charge is 0.178 e. The van der Waals surface area contributed by atoms with Crippen molar-refractivity contribution in [2.45, 2.75) is 13.8 Å². The lowest BCUT2D eigenvalue weighted by Gasteiger charge is -2.11. The van der Waals surface area contributed by atoms with Gasteiger partial charge in [-0.15, -0.1) is 0 Å². The first-order valence-corrected chi connectivity index (χ1v) is 8.46. The van der Waals surface area contributed by atoms with Gasteiger partial charge in [-0.2, -0.15) is 0 Å². The summed E-state index contributed by atoms with van der Waals surface area (Å²) in [5.41, 5.74) is 5.89. The number of nitrogens with zero attached hydrogens (tertiary/aromatic N) is 3. The Labute approximate surface area is 151 Å². The summed E-state index contributed by atoms with van der Waals surface area (Å²) in [6.07, 6.45) is 1.84. The normalized spacial score (nSPS) is 11.0. The number of hydrogen-bond donors (Lipinski definition) is 0. The zero-order valence-electron chi connectivity index (χ0n) is 14.0. The molecule has 0 unspecified atom stereocenters. The van der Waals surface area contributed by atoms with Crippen LogP contribution in [0, 0.1) is 13.8 Å². The summed E-state index contributed by atoms with van der Waals surface area (Å²) in [6.45, 7) is 4.10. The van der Waals surface area contributed by atoms with Crippen LogP contribution in [0.1, 0.15) is 11.1 Å². The van der Waals surface area contributed by atoms with Gasteiger partial charge in [0.15, 0.2) is 5.82 Å². The molecule has 4 aromatic rings.